The van der Waals surface area contributed by atoms with Crippen molar-refractivity contribution in [1.82, 2.24) is 19.8 Å². The Kier molecular flexibility index (Phi) is 5.39. The Balaban J connectivity index is 1.29. The number of rotatable bonds is 5. The van der Waals surface area contributed by atoms with Crippen LogP contribution in [0, 0.1) is 0 Å². The highest BCUT2D eigenvalue weighted by Crippen LogP contribution is 2.45. The number of hydrogen-bond acceptors (Lipinski definition) is 4. The number of para-hydroxylation sites is 2. The third kappa shape index (κ3) is 3.68. The number of fused-ring (bicyclic) bond motifs is 5. The number of nitrogens with one attached hydrogen (secondary N) is 2. The lowest BCUT2D eigenvalue weighted by Gasteiger charge is -2.42. The van der Waals surface area contributed by atoms with Crippen molar-refractivity contribution in [2.75, 3.05) is 0 Å². The number of nitrogens with zero attached hydrogens (tertiary/aromatic N) is 2. The smallest absolute Gasteiger partial charge is 0.334 e. The molecule has 0 aliphatic carbocycles. The molecular weight excluding hydrogens is 488 g/mol. The molecule has 7 nitrogen and oxygen atoms in total. The molecule has 1 fully saturated rings. The molecule has 0 spiro atoms. The number of hydrogen-bond donors (Lipinski definition) is 2. The van der Waals surface area contributed by atoms with Crippen molar-refractivity contribution in [1.29, 1.82) is 0 Å². The number of amides is 1. The van der Waals surface area contributed by atoms with Gasteiger partial charge in [-0.05, 0) is 43.5 Å². The molecule has 2 aliphatic rings. The van der Waals surface area contributed by atoms with Crippen molar-refractivity contribution in [3.63, 3.8) is 0 Å². The largest absolute Gasteiger partial charge is 0.459 e. The van der Waals surface area contributed by atoms with E-state index < -0.39 is 17.7 Å². The zero-order valence-electron chi connectivity index (χ0n) is 22.0. The lowest BCUT2D eigenvalue weighted by molar-refractivity contribution is -0.159. The second kappa shape index (κ2) is 8.85. The normalized spacial score (nSPS) is 19.3. The first-order valence-corrected chi connectivity index (χ1v) is 13.4. The molecule has 0 unspecified atom stereocenters. The first-order chi connectivity index (χ1) is 18.9. The minimum atomic E-state index is -0.895. The summed E-state index contributed by atoms with van der Waals surface area (Å²) in [5.74, 6) is -0.489. The van der Waals surface area contributed by atoms with Gasteiger partial charge in [-0.3, -0.25) is 9.69 Å². The van der Waals surface area contributed by atoms with Gasteiger partial charge >= 0.3 is 5.97 Å². The van der Waals surface area contributed by atoms with E-state index in [2.05, 4.69) is 27.0 Å². The summed E-state index contributed by atoms with van der Waals surface area (Å²) in [6.07, 6.45) is 2.44. The molecule has 5 aromatic rings. The summed E-state index contributed by atoms with van der Waals surface area (Å²) in [6.45, 7) is 4.81. The van der Waals surface area contributed by atoms with Crippen molar-refractivity contribution in [3.05, 3.63) is 107 Å². The van der Waals surface area contributed by atoms with E-state index >= 15 is 0 Å². The maximum Gasteiger partial charge on any atom is 0.334 e. The summed E-state index contributed by atoms with van der Waals surface area (Å²) in [4.78, 5) is 39.1. The first kappa shape index (κ1) is 23.7. The van der Waals surface area contributed by atoms with Crippen LogP contribution in [-0.4, -0.2) is 43.3 Å². The summed E-state index contributed by atoms with van der Waals surface area (Å²) in [5.41, 5.74) is 5.24. The van der Waals surface area contributed by atoms with Crippen molar-refractivity contribution in [3.8, 4) is 0 Å². The summed E-state index contributed by atoms with van der Waals surface area (Å²) < 4.78 is 5.90. The van der Waals surface area contributed by atoms with Gasteiger partial charge in [0.15, 0.2) is 6.04 Å². The zero-order valence-corrected chi connectivity index (χ0v) is 22.0. The average molecular weight is 519 g/mol. The van der Waals surface area contributed by atoms with E-state index in [4.69, 9.17) is 4.74 Å². The Hall–Kier alpha value is -4.36. The maximum absolute atomic E-state index is 14.3. The molecule has 0 bridgehead atoms. The molecule has 7 heteroatoms. The topological polar surface area (TPSA) is 81.4 Å². The van der Waals surface area contributed by atoms with Gasteiger partial charge in [0.1, 0.15) is 6.61 Å². The SMILES string of the molecule is CC1(C)N2Cc3[nH]c4ccccc4c3C[C@H]2C(=O)N1[C@H](C(=O)OCc1ccccc1)c1c[nH]c2ccccc12. The van der Waals surface area contributed by atoms with Crippen molar-refractivity contribution < 1.29 is 14.3 Å². The van der Waals surface area contributed by atoms with E-state index in [0.717, 1.165) is 38.6 Å². The number of carbonyl (C=O) groups excluding carboxylic acids is 2. The van der Waals surface area contributed by atoms with Crippen LogP contribution in [0.3, 0.4) is 0 Å². The number of aromatic nitrogens is 2. The van der Waals surface area contributed by atoms with Crippen LogP contribution in [0.5, 0.6) is 0 Å². The molecule has 2 aliphatic heterocycles. The van der Waals surface area contributed by atoms with Gasteiger partial charge in [-0.2, -0.15) is 0 Å². The van der Waals surface area contributed by atoms with Crippen LogP contribution in [0.1, 0.15) is 42.3 Å². The quantitative estimate of drug-likeness (QED) is 0.304. The highest BCUT2D eigenvalue weighted by molar-refractivity contribution is 5.96. The van der Waals surface area contributed by atoms with E-state index in [1.807, 2.05) is 86.8 Å². The molecule has 0 radical (unpaired) electrons. The van der Waals surface area contributed by atoms with Gasteiger partial charge in [0.05, 0.1) is 11.7 Å². The Morgan fingerprint density at radius 3 is 2.46 bits per heavy atom. The Morgan fingerprint density at radius 2 is 1.67 bits per heavy atom. The highest BCUT2D eigenvalue weighted by atomic mass is 16.5. The molecule has 0 saturated carbocycles. The predicted molar refractivity (Wildman–Crippen MR) is 150 cm³/mol. The van der Waals surface area contributed by atoms with Gasteiger partial charge in [0.25, 0.3) is 0 Å². The van der Waals surface area contributed by atoms with Gasteiger partial charge in [-0.1, -0.05) is 66.7 Å². The second-order valence-corrected chi connectivity index (χ2v) is 11.0. The van der Waals surface area contributed by atoms with Gasteiger partial charge < -0.3 is 19.6 Å². The van der Waals surface area contributed by atoms with Crippen LogP contribution in [0.4, 0.5) is 0 Å². The van der Waals surface area contributed by atoms with Crippen molar-refractivity contribution >= 4 is 33.7 Å². The van der Waals surface area contributed by atoms with E-state index in [1.54, 1.807) is 4.90 Å². The fraction of sp³-hybridized carbons (Fsp3) is 0.250. The summed E-state index contributed by atoms with van der Waals surface area (Å²) in [5, 5.41) is 2.07. The van der Waals surface area contributed by atoms with Crippen LogP contribution in [0.15, 0.2) is 85.1 Å². The van der Waals surface area contributed by atoms with Crippen molar-refractivity contribution in [2.45, 2.75) is 51.2 Å². The number of carbonyl (C=O) groups is 2. The van der Waals surface area contributed by atoms with Gasteiger partial charge in [-0.15, -0.1) is 0 Å². The second-order valence-electron chi connectivity index (χ2n) is 11.0. The monoisotopic (exact) mass is 518 g/mol. The third-order valence-electron chi connectivity index (χ3n) is 8.44. The standard InChI is InChI=1S/C32H30N4O3/c1-32(2)35-18-27-23(21-12-7-9-15-26(21)34-27)16-28(35)30(37)36(32)29(24-17-33-25-14-8-6-13-22(24)25)31(38)39-19-20-10-4-3-5-11-20/h3-15,17,28-29,33-34H,16,18-19H2,1-2H3/t28-,29-/m0/s1. The van der Waals surface area contributed by atoms with Crippen LogP contribution < -0.4 is 0 Å². The minimum absolute atomic E-state index is 0.0529. The Bertz CT molecular complexity index is 1720. The van der Waals surface area contributed by atoms with E-state index in [0.29, 0.717) is 13.0 Å². The molecule has 1 saturated heterocycles. The lowest BCUT2D eigenvalue weighted by atomic mass is 9.96. The number of ether oxygens (including phenoxy) is 1. The van der Waals surface area contributed by atoms with E-state index in [1.165, 1.54) is 5.56 Å². The molecule has 2 atom stereocenters. The number of benzene rings is 3. The molecule has 2 aromatic heterocycles. The predicted octanol–water partition coefficient (Wildman–Crippen LogP) is 5.44. The number of H-pyrrole nitrogens is 2. The van der Waals surface area contributed by atoms with Crippen LogP contribution in [0.2, 0.25) is 0 Å². The molecule has 4 heterocycles. The third-order valence-corrected chi connectivity index (χ3v) is 8.44. The molecule has 1 amide bonds. The summed E-state index contributed by atoms with van der Waals surface area (Å²) >= 11 is 0. The molecule has 3 aromatic carbocycles. The number of aromatic amines is 2. The fourth-order valence-corrected chi connectivity index (χ4v) is 6.51. The van der Waals surface area contributed by atoms with Crippen LogP contribution in [-0.2, 0) is 33.9 Å². The average Bonchev–Trinajstić information content (AvgIpc) is 3.60. The molecule has 196 valence electrons. The van der Waals surface area contributed by atoms with Gasteiger partial charge in [-0.25, -0.2) is 4.79 Å². The van der Waals surface area contributed by atoms with Crippen LogP contribution in [0.25, 0.3) is 21.8 Å². The summed E-state index contributed by atoms with van der Waals surface area (Å²) in [7, 11) is 0. The van der Waals surface area contributed by atoms with Crippen molar-refractivity contribution in [2.24, 2.45) is 0 Å². The molecule has 7 rings (SSSR count). The van der Waals surface area contributed by atoms with Gasteiger partial charge in [0.2, 0.25) is 5.91 Å². The highest BCUT2D eigenvalue weighted by Gasteiger charge is 2.57. The first-order valence-electron chi connectivity index (χ1n) is 13.4. The fourth-order valence-electron chi connectivity index (χ4n) is 6.51. The zero-order chi connectivity index (χ0) is 26.7. The van der Waals surface area contributed by atoms with E-state index in [-0.39, 0.29) is 18.6 Å². The lowest BCUT2D eigenvalue weighted by Crippen LogP contribution is -2.53. The molecular formula is C32H30N4O3. The Labute approximate surface area is 226 Å². The van der Waals surface area contributed by atoms with Crippen LogP contribution >= 0.6 is 0 Å². The molecule has 2 N–H and O–H groups in total. The number of esters is 1. The Morgan fingerprint density at radius 1 is 0.974 bits per heavy atom. The molecule has 39 heavy (non-hydrogen) atoms. The van der Waals surface area contributed by atoms with Gasteiger partial charge in [0, 0.05) is 45.8 Å². The maximum atomic E-state index is 14.3. The minimum Gasteiger partial charge on any atom is -0.459 e. The van der Waals surface area contributed by atoms with E-state index in [9.17, 15) is 9.59 Å². The summed E-state index contributed by atoms with van der Waals surface area (Å²) in [6, 6.07) is 24.5.